The number of fused-ring (bicyclic) bond motifs is 1. The van der Waals surface area contributed by atoms with Crippen LogP contribution in [0.25, 0.3) is 10.8 Å². The minimum absolute atomic E-state index is 0.320. The summed E-state index contributed by atoms with van der Waals surface area (Å²) in [5, 5.41) is 11.8. The van der Waals surface area contributed by atoms with Crippen molar-refractivity contribution < 1.29 is 9.84 Å². The zero-order chi connectivity index (χ0) is 21.3. The predicted molar refractivity (Wildman–Crippen MR) is 131 cm³/mol. The average Bonchev–Trinajstić information content (AvgIpc) is 2.76. The number of ether oxygens (including phenoxy) is 1. The number of phenolic OH excluding ortho intramolecular Hbond substituents is 1. The molecule has 30 heavy (non-hydrogen) atoms. The smallest absolute Gasteiger partial charge is 0.127 e. The van der Waals surface area contributed by atoms with Gasteiger partial charge in [-0.2, -0.15) is 0 Å². The van der Waals surface area contributed by atoms with Crippen molar-refractivity contribution in [2.24, 2.45) is 0 Å². The third-order valence-corrected chi connectivity index (χ3v) is 6.11. The maximum Gasteiger partial charge on any atom is 0.127 e. The van der Waals surface area contributed by atoms with Gasteiger partial charge in [-0.25, -0.2) is 0 Å². The molecule has 2 rings (SSSR count). The highest BCUT2D eigenvalue weighted by atomic mass is 16.5. The summed E-state index contributed by atoms with van der Waals surface area (Å²) < 4.78 is 5.98. The Morgan fingerprint density at radius 2 is 1.03 bits per heavy atom. The quantitative estimate of drug-likeness (QED) is 0.247. The fourth-order valence-corrected chi connectivity index (χ4v) is 4.22. The van der Waals surface area contributed by atoms with Gasteiger partial charge in [0.15, 0.2) is 0 Å². The second-order valence-electron chi connectivity index (χ2n) is 8.78. The van der Waals surface area contributed by atoms with Gasteiger partial charge in [-0.1, -0.05) is 128 Å². The van der Waals surface area contributed by atoms with Gasteiger partial charge in [-0.3, -0.25) is 0 Å². The molecule has 0 unspecified atom stereocenters. The van der Waals surface area contributed by atoms with E-state index in [1.54, 1.807) is 6.07 Å². The second-order valence-corrected chi connectivity index (χ2v) is 8.78. The van der Waals surface area contributed by atoms with Crippen LogP contribution in [0.3, 0.4) is 0 Å². The SMILES string of the molecule is CCCCCCCCCCCCCCCCCCOc1cccc2c(O)cccc12. The number of hydrogen-bond donors (Lipinski definition) is 1. The Bertz CT molecular complexity index is 679. The van der Waals surface area contributed by atoms with Crippen LogP contribution in [0.15, 0.2) is 36.4 Å². The Balaban J connectivity index is 1.39. The van der Waals surface area contributed by atoms with Crippen LogP contribution < -0.4 is 4.74 Å². The van der Waals surface area contributed by atoms with E-state index in [9.17, 15) is 5.11 Å². The Labute approximate surface area is 185 Å². The first-order valence-electron chi connectivity index (χ1n) is 12.7. The highest BCUT2D eigenvalue weighted by molar-refractivity contribution is 5.92. The van der Waals surface area contributed by atoms with Gasteiger partial charge in [0.25, 0.3) is 0 Å². The first-order valence-corrected chi connectivity index (χ1v) is 12.7. The molecule has 0 heterocycles. The van der Waals surface area contributed by atoms with Crippen LogP contribution in [0.4, 0.5) is 0 Å². The van der Waals surface area contributed by atoms with Gasteiger partial charge in [0.05, 0.1) is 6.61 Å². The monoisotopic (exact) mass is 412 g/mol. The van der Waals surface area contributed by atoms with Crippen molar-refractivity contribution in [2.75, 3.05) is 6.61 Å². The molecular weight excluding hydrogens is 368 g/mol. The lowest BCUT2D eigenvalue weighted by Crippen LogP contribution is -1.98. The molecule has 0 amide bonds. The Kier molecular flexibility index (Phi) is 13.1. The van der Waals surface area contributed by atoms with Crippen LogP contribution in [-0.2, 0) is 0 Å². The number of unbranched alkanes of at least 4 members (excludes halogenated alkanes) is 15. The summed E-state index contributed by atoms with van der Waals surface area (Å²) in [6.07, 6.45) is 22.1. The van der Waals surface area contributed by atoms with Crippen LogP contribution in [0, 0.1) is 0 Å². The average molecular weight is 413 g/mol. The number of phenols is 1. The van der Waals surface area contributed by atoms with E-state index in [-0.39, 0.29) is 0 Å². The normalized spacial score (nSPS) is 11.2. The summed E-state index contributed by atoms with van der Waals surface area (Å²) in [5.41, 5.74) is 0. The zero-order valence-electron chi connectivity index (χ0n) is 19.3. The molecular formula is C28H44O2. The van der Waals surface area contributed by atoms with Gasteiger partial charge in [0.1, 0.15) is 11.5 Å². The van der Waals surface area contributed by atoms with E-state index in [1.807, 2.05) is 30.3 Å². The Morgan fingerprint density at radius 1 is 0.567 bits per heavy atom. The largest absolute Gasteiger partial charge is 0.507 e. The van der Waals surface area contributed by atoms with Crippen molar-refractivity contribution >= 4 is 10.8 Å². The van der Waals surface area contributed by atoms with E-state index in [2.05, 4.69) is 6.92 Å². The van der Waals surface area contributed by atoms with Gasteiger partial charge in [0.2, 0.25) is 0 Å². The minimum atomic E-state index is 0.320. The summed E-state index contributed by atoms with van der Waals surface area (Å²) in [6, 6.07) is 11.5. The number of benzene rings is 2. The van der Waals surface area contributed by atoms with Gasteiger partial charge in [-0.05, 0) is 18.6 Å². The summed E-state index contributed by atoms with van der Waals surface area (Å²) in [5.74, 6) is 1.20. The van der Waals surface area contributed by atoms with E-state index < -0.39 is 0 Å². The van der Waals surface area contributed by atoms with Gasteiger partial charge < -0.3 is 9.84 Å². The number of rotatable bonds is 18. The molecule has 2 nitrogen and oxygen atoms in total. The number of aromatic hydroxyl groups is 1. The van der Waals surface area contributed by atoms with Crippen molar-refractivity contribution in [3.8, 4) is 11.5 Å². The molecule has 2 aromatic carbocycles. The second kappa shape index (κ2) is 16.1. The first-order chi connectivity index (χ1) is 14.8. The molecule has 0 saturated heterocycles. The summed E-state index contributed by atoms with van der Waals surface area (Å²) in [6.45, 7) is 3.04. The highest BCUT2D eigenvalue weighted by Crippen LogP contribution is 2.31. The maximum atomic E-state index is 9.96. The minimum Gasteiger partial charge on any atom is -0.507 e. The van der Waals surface area contributed by atoms with Crippen molar-refractivity contribution in [1.82, 2.24) is 0 Å². The van der Waals surface area contributed by atoms with E-state index >= 15 is 0 Å². The Hall–Kier alpha value is -1.70. The molecule has 2 aromatic rings. The van der Waals surface area contributed by atoms with Crippen LogP contribution >= 0.6 is 0 Å². The first kappa shape index (κ1) is 24.6. The van der Waals surface area contributed by atoms with Crippen LogP contribution in [-0.4, -0.2) is 11.7 Å². The zero-order valence-corrected chi connectivity index (χ0v) is 19.3. The molecule has 0 aromatic heterocycles. The lowest BCUT2D eigenvalue weighted by molar-refractivity contribution is 0.307. The molecule has 2 heteroatoms. The highest BCUT2D eigenvalue weighted by Gasteiger charge is 2.04. The van der Waals surface area contributed by atoms with Gasteiger partial charge in [0, 0.05) is 10.8 Å². The molecule has 0 atom stereocenters. The molecule has 0 aliphatic carbocycles. The fourth-order valence-electron chi connectivity index (χ4n) is 4.22. The van der Waals surface area contributed by atoms with Gasteiger partial charge in [-0.15, -0.1) is 0 Å². The van der Waals surface area contributed by atoms with Crippen LogP contribution in [0.5, 0.6) is 11.5 Å². The standard InChI is InChI=1S/C28H44O2/c1-2-3-4-5-6-7-8-9-10-11-12-13-14-15-16-17-24-30-28-23-19-20-25-26(28)21-18-22-27(25)29/h18-23,29H,2-17,24H2,1H3. The molecule has 0 radical (unpaired) electrons. The molecule has 0 spiro atoms. The van der Waals surface area contributed by atoms with Crippen molar-refractivity contribution in [3.05, 3.63) is 36.4 Å². The summed E-state index contributed by atoms with van der Waals surface area (Å²) in [4.78, 5) is 0. The van der Waals surface area contributed by atoms with Crippen LogP contribution in [0.2, 0.25) is 0 Å². The molecule has 0 aliphatic heterocycles. The topological polar surface area (TPSA) is 29.5 Å². The number of hydrogen-bond acceptors (Lipinski definition) is 2. The maximum absolute atomic E-state index is 9.96. The van der Waals surface area contributed by atoms with E-state index in [0.29, 0.717) is 5.75 Å². The van der Waals surface area contributed by atoms with Crippen molar-refractivity contribution in [2.45, 2.75) is 110 Å². The van der Waals surface area contributed by atoms with Crippen molar-refractivity contribution in [1.29, 1.82) is 0 Å². The van der Waals surface area contributed by atoms with Gasteiger partial charge >= 0.3 is 0 Å². The van der Waals surface area contributed by atoms with E-state index in [4.69, 9.17) is 4.74 Å². The molecule has 0 fully saturated rings. The Morgan fingerprint density at radius 3 is 1.60 bits per heavy atom. The van der Waals surface area contributed by atoms with E-state index in [0.717, 1.165) is 29.5 Å². The lowest BCUT2D eigenvalue weighted by Gasteiger charge is -2.10. The van der Waals surface area contributed by atoms with Crippen LogP contribution in [0.1, 0.15) is 110 Å². The summed E-state index contributed by atoms with van der Waals surface area (Å²) >= 11 is 0. The predicted octanol–water partition coefficient (Wildman–Crippen LogP) is 9.19. The molecule has 0 aliphatic rings. The lowest BCUT2D eigenvalue weighted by atomic mass is 10.0. The fraction of sp³-hybridized carbons (Fsp3) is 0.643. The third-order valence-electron chi connectivity index (χ3n) is 6.11. The van der Waals surface area contributed by atoms with Crippen molar-refractivity contribution in [3.63, 3.8) is 0 Å². The molecule has 1 N–H and O–H groups in total. The molecule has 0 saturated carbocycles. The summed E-state index contributed by atoms with van der Waals surface area (Å²) in [7, 11) is 0. The molecule has 0 bridgehead atoms. The third kappa shape index (κ3) is 9.87. The molecule has 168 valence electrons. The van der Waals surface area contributed by atoms with E-state index in [1.165, 1.54) is 96.3 Å².